The fourth-order valence-corrected chi connectivity index (χ4v) is 2.49. The maximum atomic E-state index is 11.6. The molecule has 4 heteroatoms. The first kappa shape index (κ1) is 14.0. The summed E-state index contributed by atoms with van der Waals surface area (Å²) in [5.74, 6) is 0.891. The fourth-order valence-electron chi connectivity index (χ4n) is 2.49. The van der Waals surface area contributed by atoms with Gasteiger partial charge in [-0.3, -0.25) is 4.79 Å². The number of hydrogen-bond acceptors (Lipinski definition) is 4. The summed E-state index contributed by atoms with van der Waals surface area (Å²) in [5.41, 5.74) is 0. The van der Waals surface area contributed by atoms with Gasteiger partial charge < -0.3 is 14.2 Å². The Hall–Kier alpha value is -1.91. The third-order valence-corrected chi connectivity index (χ3v) is 3.67. The molecular weight excluding hydrogens is 268 g/mol. The van der Waals surface area contributed by atoms with E-state index in [0.717, 1.165) is 16.5 Å². The van der Waals surface area contributed by atoms with Gasteiger partial charge in [-0.1, -0.05) is 36.4 Å². The second kappa shape index (κ2) is 6.24. The van der Waals surface area contributed by atoms with E-state index < -0.39 is 6.10 Å². The van der Waals surface area contributed by atoms with E-state index in [2.05, 4.69) is 0 Å². The number of methoxy groups -OCH3 is 1. The van der Waals surface area contributed by atoms with Crippen LogP contribution in [0.3, 0.4) is 0 Å². The first-order chi connectivity index (χ1) is 10.3. The van der Waals surface area contributed by atoms with Crippen LogP contribution in [0.15, 0.2) is 42.5 Å². The molecule has 0 radical (unpaired) electrons. The predicted molar refractivity (Wildman–Crippen MR) is 79.6 cm³/mol. The predicted octanol–water partition coefficient (Wildman–Crippen LogP) is 2.59. The molecule has 2 aromatic carbocycles. The number of rotatable bonds is 6. The first-order valence-corrected chi connectivity index (χ1v) is 7.07. The van der Waals surface area contributed by atoms with Crippen LogP contribution >= 0.6 is 0 Å². The van der Waals surface area contributed by atoms with E-state index >= 15 is 0 Å². The number of hydrogen-bond donors (Lipinski definition) is 0. The molecule has 4 nitrogen and oxygen atoms in total. The number of ether oxygens (including phenoxy) is 3. The van der Waals surface area contributed by atoms with Crippen LogP contribution < -0.4 is 4.74 Å². The van der Waals surface area contributed by atoms with E-state index in [1.807, 2.05) is 42.5 Å². The molecule has 1 fully saturated rings. The molecule has 0 aromatic heterocycles. The van der Waals surface area contributed by atoms with Crippen LogP contribution in [0, 0.1) is 0 Å². The fraction of sp³-hybridized carbons (Fsp3) is 0.353. The second-order valence-corrected chi connectivity index (χ2v) is 5.09. The summed E-state index contributed by atoms with van der Waals surface area (Å²) in [7, 11) is 1.61. The van der Waals surface area contributed by atoms with Gasteiger partial charge in [0.25, 0.3) is 0 Å². The van der Waals surface area contributed by atoms with Gasteiger partial charge in [0.15, 0.2) is 11.9 Å². The summed E-state index contributed by atoms with van der Waals surface area (Å²) in [6.45, 7) is 0.882. The van der Waals surface area contributed by atoms with Gasteiger partial charge in [-0.2, -0.15) is 0 Å². The minimum absolute atomic E-state index is 0.0938. The van der Waals surface area contributed by atoms with Crippen LogP contribution in [0.5, 0.6) is 5.75 Å². The Bertz CT molecular complexity index is 632. The molecule has 1 aliphatic carbocycles. The van der Waals surface area contributed by atoms with Crippen LogP contribution in [0.1, 0.15) is 6.42 Å². The third kappa shape index (κ3) is 2.91. The molecule has 2 unspecified atom stereocenters. The molecule has 1 aliphatic rings. The number of carbonyl (C=O) groups is 1. The molecule has 2 aromatic rings. The van der Waals surface area contributed by atoms with Gasteiger partial charge in [-0.25, -0.2) is 0 Å². The molecule has 21 heavy (non-hydrogen) atoms. The lowest BCUT2D eigenvalue weighted by Crippen LogP contribution is -2.52. The quantitative estimate of drug-likeness (QED) is 0.766. The molecule has 0 amide bonds. The van der Waals surface area contributed by atoms with Gasteiger partial charge in [0.1, 0.15) is 11.9 Å². The first-order valence-electron chi connectivity index (χ1n) is 7.07. The van der Waals surface area contributed by atoms with E-state index in [1.165, 1.54) is 0 Å². The largest absolute Gasteiger partial charge is 0.486 e. The average Bonchev–Trinajstić information content (AvgIpc) is 2.51. The van der Waals surface area contributed by atoms with Crippen molar-refractivity contribution in [1.82, 2.24) is 0 Å². The standard InChI is InChI=1S/C17H18O4/c1-19-9-10-20-17-14(18)11-16(17)21-15-8-4-6-12-5-2-3-7-13(12)15/h2-8,16-17H,9-11H2,1H3. The van der Waals surface area contributed by atoms with Crippen molar-refractivity contribution in [1.29, 1.82) is 0 Å². The molecule has 0 spiro atoms. The topological polar surface area (TPSA) is 44.8 Å². The van der Waals surface area contributed by atoms with Crippen molar-refractivity contribution in [3.63, 3.8) is 0 Å². The maximum absolute atomic E-state index is 11.6. The van der Waals surface area contributed by atoms with Crippen molar-refractivity contribution in [2.75, 3.05) is 20.3 Å². The minimum atomic E-state index is -0.473. The zero-order chi connectivity index (χ0) is 14.7. The van der Waals surface area contributed by atoms with E-state index in [0.29, 0.717) is 19.6 Å². The zero-order valence-electron chi connectivity index (χ0n) is 12.0. The van der Waals surface area contributed by atoms with Crippen molar-refractivity contribution in [3.05, 3.63) is 42.5 Å². The smallest absolute Gasteiger partial charge is 0.169 e. The number of Topliss-reactive ketones (excluding diaryl/α,β-unsaturated/α-hetero) is 1. The Morgan fingerprint density at radius 1 is 1.10 bits per heavy atom. The average molecular weight is 286 g/mol. The summed E-state index contributed by atoms with van der Waals surface area (Å²) >= 11 is 0. The van der Waals surface area contributed by atoms with Crippen molar-refractivity contribution < 1.29 is 19.0 Å². The van der Waals surface area contributed by atoms with Crippen LogP contribution in [0.2, 0.25) is 0 Å². The Labute approximate surface area is 123 Å². The molecule has 1 saturated carbocycles. The molecule has 0 heterocycles. The molecular formula is C17H18O4. The molecule has 0 N–H and O–H groups in total. The monoisotopic (exact) mass is 286 g/mol. The van der Waals surface area contributed by atoms with Crippen LogP contribution in [0.4, 0.5) is 0 Å². The number of carbonyl (C=O) groups excluding carboxylic acids is 1. The normalized spacial score (nSPS) is 21.3. The minimum Gasteiger partial charge on any atom is -0.486 e. The van der Waals surface area contributed by atoms with Crippen LogP contribution in [-0.4, -0.2) is 38.3 Å². The SMILES string of the molecule is COCCOC1C(=O)CC1Oc1cccc2ccccc12. The van der Waals surface area contributed by atoms with Gasteiger partial charge in [-0.05, 0) is 11.5 Å². The van der Waals surface area contributed by atoms with Crippen LogP contribution in [0.25, 0.3) is 10.8 Å². The van der Waals surface area contributed by atoms with E-state index in [1.54, 1.807) is 7.11 Å². The molecule has 2 atom stereocenters. The van der Waals surface area contributed by atoms with Crippen molar-refractivity contribution >= 4 is 16.6 Å². The third-order valence-electron chi connectivity index (χ3n) is 3.67. The highest BCUT2D eigenvalue weighted by Gasteiger charge is 2.42. The molecule has 3 rings (SSSR count). The van der Waals surface area contributed by atoms with Gasteiger partial charge >= 0.3 is 0 Å². The Balaban J connectivity index is 1.72. The lowest BCUT2D eigenvalue weighted by atomic mass is 9.90. The lowest BCUT2D eigenvalue weighted by molar-refractivity contribution is -0.156. The van der Waals surface area contributed by atoms with Crippen LogP contribution in [-0.2, 0) is 14.3 Å². The zero-order valence-corrected chi connectivity index (χ0v) is 12.0. The van der Waals surface area contributed by atoms with E-state index in [9.17, 15) is 4.79 Å². The summed E-state index contributed by atoms with van der Waals surface area (Å²) in [4.78, 5) is 11.6. The van der Waals surface area contributed by atoms with Crippen molar-refractivity contribution in [2.24, 2.45) is 0 Å². The summed E-state index contributed by atoms with van der Waals surface area (Å²) < 4.78 is 16.4. The van der Waals surface area contributed by atoms with Crippen molar-refractivity contribution in [3.8, 4) is 5.75 Å². The number of fused-ring (bicyclic) bond motifs is 1. The van der Waals surface area contributed by atoms with Gasteiger partial charge in [0, 0.05) is 18.9 Å². The van der Waals surface area contributed by atoms with Crippen molar-refractivity contribution in [2.45, 2.75) is 18.6 Å². The van der Waals surface area contributed by atoms with E-state index in [-0.39, 0.29) is 11.9 Å². The van der Waals surface area contributed by atoms with Gasteiger partial charge in [-0.15, -0.1) is 0 Å². The Morgan fingerprint density at radius 2 is 1.90 bits per heavy atom. The number of benzene rings is 2. The summed E-state index contributed by atoms with van der Waals surface area (Å²) in [6.07, 6.45) is -0.278. The van der Waals surface area contributed by atoms with E-state index in [4.69, 9.17) is 14.2 Å². The molecule has 0 bridgehead atoms. The number of ketones is 1. The molecule has 110 valence electrons. The highest BCUT2D eigenvalue weighted by atomic mass is 16.6. The maximum Gasteiger partial charge on any atom is 0.169 e. The van der Waals surface area contributed by atoms with Gasteiger partial charge in [0.2, 0.25) is 0 Å². The lowest BCUT2D eigenvalue weighted by Gasteiger charge is -2.34. The highest BCUT2D eigenvalue weighted by Crippen LogP contribution is 2.30. The Kier molecular flexibility index (Phi) is 4.18. The Morgan fingerprint density at radius 3 is 2.71 bits per heavy atom. The summed E-state index contributed by atoms with van der Waals surface area (Å²) in [6, 6.07) is 14.0. The summed E-state index contributed by atoms with van der Waals surface area (Å²) in [5, 5.41) is 2.17. The highest BCUT2D eigenvalue weighted by molar-refractivity contribution is 5.91. The second-order valence-electron chi connectivity index (χ2n) is 5.09. The van der Waals surface area contributed by atoms with Gasteiger partial charge in [0.05, 0.1) is 13.2 Å². The molecule has 0 saturated heterocycles. The molecule has 0 aliphatic heterocycles.